The van der Waals surface area contributed by atoms with E-state index in [1.807, 2.05) is 35.3 Å². The second-order valence-corrected chi connectivity index (χ2v) is 5.26. The van der Waals surface area contributed by atoms with Crippen LogP contribution < -0.4 is 21.5 Å². The van der Waals surface area contributed by atoms with E-state index in [4.69, 9.17) is 0 Å². The molecule has 0 aliphatic carbocycles. The predicted molar refractivity (Wildman–Crippen MR) is 53.8 cm³/mol. The van der Waals surface area contributed by atoms with Crippen LogP contribution in [0.3, 0.4) is 0 Å². The Morgan fingerprint density at radius 1 is 1.38 bits per heavy atom. The number of hydrogen-bond donors (Lipinski definition) is 0. The van der Waals surface area contributed by atoms with Crippen LogP contribution >= 0.6 is 0 Å². The molecule has 0 spiro atoms. The van der Waals surface area contributed by atoms with Crippen molar-refractivity contribution in [3.63, 3.8) is 0 Å². The number of benzene rings is 1. The predicted octanol–water partition coefficient (Wildman–Crippen LogP) is -1.04. The van der Waals surface area contributed by atoms with Crippen LogP contribution in [0.2, 0.25) is 0 Å². The van der Waals surface area contributed by atoms with Crippen LogP contribution in [0, 0.1) is 0 Å². The third-order valence-corrected chi connectivity index (χ3v) is 4.19. The number of amides is 1. The molecule has 5 heteroatoms. The van der Waals surface area contributed by atoms with E-state index in [-0.39, 0.29) is 0 Å². The molecule has 1 aromatic carbocycles. The molecule has 1 aromatic rings. The SMILES string of the molecule is C[I-]N(CCc1ccccc1)C(=O)C(F)F. The Labute approximate surface area is 104 Å². The van der Waals surface area contributed by atoms with Crippen LogP contribution in [0.5, 0.6) is 0 Å². The number of carbonyl (C=O) groups excluding carboxylic acids is 1. The summed E-state index contributed by atoms with van der Waals surface area (Å²) < 4.78 is 25.7. The molecule has 1 rings (SSSR count). The van der Waals surface area contributed by atoms with Gasteiger partial charge in [-0.3, -0.25) is 0 Å². The second kappa shape index (κ2) is 6.78. The zero-order chi connectivity index (χ0) is 12.0. The summed E-state index contributed by atoms with van der Waals surface area (Å²) in [7, 11) is 0. The van der Waals surface area contributed by atoms with E-state index in [1.54, 1.807) is 0 Å². The summed E-state index contributed by atoms with van der Waals surface area (Å²) in [4.78, 5) is 12.9. The van der Waals surface area contributed by atoms with Crippen LogP contribution in [-0.2, 0) is 11.2 Å². The fraction of sp³-hybridized carbons (Fsp3) is 0.364. The van der Waals surface area contributed by atoms with Crippen LogP contribution in [-0.4, -0.2) is 26.9 Å². The summed E-state index contributed by atoms with van der Waals surface area (Å²) in [5.74, 6) is -1.04. The van der Waals surface area contributed by atoms with Crippen molar-refractivity contribution < 1.29 is 35.1 Å². The molecule has 0 heterocycles. The molecule has 0 aliphatic heterocycles. The third kappa shape index (κ3) is 4.03. The Morgan fingerprint density at radius 3 is 2.50 bits per heavy atom. The summed E-state index contributed by atoms with van der Waals surface area (Å²) >= 11 is -0.627. The van der Waals surface area contributed by atoms with Crippen LogP contribution in [0.1, 0.15) is 5.56 Å². The molecule has 0 unspecified atom stereocenters. The topological polar surface area (TPSA) is 20.3 Å². The first-order valence-corrected chi connectivity index (χ1v) is 7.90. The number of carbonyl (C=O) groups is 1. The first kappa shape index (κ1) is 13.3. The number of hydrogen-bond acceptors (Lipinski definition) is 1. The average Bonchev–Trinajstić information content (AvgIpc) is 2.30. The second-order valence-electron chi connectivity index (χ2n) is 3.13. The van der Waals surface area contributed by atoms with Gasteiger partial charge in [-0.05, 0) is 0 Å². The molecule has 0 bridgehead atoms. The van der Waals surface area contributed by atoms with E-state index in [9.17, 15) is 13.6 Å². The molecule has 0 saturated carbocycles. The van der Waals surface area contributed by atoms with Crippen molar-refractivity contribution in [2.24, 2.45) is 0 Å². The molecule has 1 amide bonds. The molecule has 0 fully saturated rings. The van der Waals surface area contributed by atoms with E-state index >= 15 is 0 Å². The van der Waals surface area contributed by atoms with Gasteiger partial charge in [0.2, 0.25) is 0 Å². The normalized spacial score (nSPS) is 10.8. The summed E-state index contributed by atoms with van der Waals surface area (Å²) in [6.45, 7) is 0.386. The molecule has 2 nitrogen and oxygen atoms in total. The Hall–Kier alpha value is -0.720. The quantitative estimate of drug-likeness (QED) is 0.381. The minimum absolute atomic E-state index is 0.386. The molecule has 90 valence electrons. The number of rotatable bonds is 5. The Bertz CT molecular complexity index is 332. The van der Waals surface area contributed by atoms with E-state index in [2.05, 4.69) is 0 Å². The first-order chi connectivity index (χ1) is 7.65. The summed E-state index contributed by atoms with van der Waals surface area (Å²) in [5.41, 5.74) is 1.06. The Morgan fingerprint density at radius 2 is 2.00 bits per heavy atom. The van der Waals surface area contributed by atoms with Gasteiger partial charge in [0.1, 0.15) is 0 Å². The Kier molecular flexibility index (Phi) is 5.65. The third-order valence-electron chi connectivity index (χ3n) is 2.07. The number of alkyl halides is 3. The molecular formula is C11H13F2INO-. The van der Waals surface area contributed by atoms with E-state index < -0.39 is 33.8 Å². The maximum atomic E-state index is 12.2. The zero-order valence-electron chi connectivity index (χ0n) is 8.87. The van der Waals surface area contributed by atoms with Crippen LogP contribution in [0.15, 0.2) is 30.3 Å². The van der Waals surface area contributed by atoms with E-state index in [0.29, 0.717) is 13.0 Å². The van der Waals surface area contributed by atoms with Gasteiger partial charge >= 0.3 is 104 Å². The minimum atomic E-state index is -2.88. The number of nitrogens with zero attached hydrogens (tertiary/aromatic N) is 1. The molecule has 0 atom stereocenters. The summed E-state index contributed by atoms with van der Waals surface area (Å²) in [5, 5.41) is 0. The van der Waals surface area contributed by atoms with E-state index in [0.717, 1.165) is 5.56 Å². The van der Waals surface area contributed by atoms with Gasteiger partial charge in [0.15, 0.2) is 0 Å². The molecule has 16 heavy (non-hydrogen) atoms. The molecule has 0 radical (unpaired) electrons. The van der Waals surface area contributed by atoms with Crippen LogP contribution in [0.4, 0.5) is 8.78 Å². The van der Waals surface area contributed by atoms with Crippen molar-refractivity contribution in [1.82, 2.24) is 3.11 Å². The number of halogens is 3. The van der Waals surface area contributed by atoms with Gasteiger partial charge in [-0.15, -0.1) is 0 Å². The fourth-order valence-corrected chi connectivity index (χ4v) is 2.67. The van der Waals surface area contributed by atoms with Crippen LogP contribution in [0.25, 0.3) is 0 Å². The van der Waals surface area contributed by atoms with Gasteiger partial charge in [0.05, 0.1) is 0 Å². The van der Waals surface area contributed by atoms with Crippen molar-refractivity contribution in [3.8, 4) is 0 Å². The van der Waals surface area contributed by atoms with E-state index in [1.165, 1.54) is 3.11 Å². The van der Waals surface area contributed by atoms with Gasteiger partial charge in [0.25, 0.3) is 0 Å². The standard InChI is InChI=1S/C11H13F2INO/c1-14-15(11(16)10(12)13)8-7-9-5-3-2-4-6-9/h2-6,10H,7-8H2,1H3/q-1. The van der Waals surface area contributed by atoms with Gasteiger partial charge < -0.3 is 0 Å². The van der Waals surface area contributed by atoms with Gasteiger partial charge in [-0.25, -0.2) is 0 Å². The van der Waals surface area contributed by atoms with Gasteiger partial charge in [-0.1, -0.05) is 0 Å². The molecule has 0 N–H and O–H groups in total. The zero-order valence-corrected chi connectivity index (χ0v) is 11.0. The van der Waals surface area contributed by atoms with Crippen molar-refractivity contribution in [2.45, 2.75) is 12.8 Å². The van der Waals surface area contributed by atoms with Gasteiger partial charge in [0, 0.05) is 0 Å². The molecule has 0 aliphatic rings. The maximum absolute atomic E-state index is 12.2. The van der Waals surface area contributed by atoms with Crippen molar-refractivity contribution in [2.75, 3.05) is 11.5 Å². The Balaban J connectivity index is 2.49. The molecular weight excluding hydrogens is 327 g/mol. The van der Waals surface area contributed by atoms with Crippen molar-refractivity contribution >= 4 is 5.91 Å². The summed E-state index contributed by atoms with van der Waals surface area (Å²) in [6, 6.07) is 9.56. The first-order valence-electron chi connectivity index (χ1n) is 4.78. The summed E-state index contributed by atoms with van der Waals surface area (Å²) in [6.07, 6.45) is -2.25. The van der Waals surface area contributed by atoms with Crippen molar-refractivity contribution in [1.29, 1.82) is 0 Å². The van der Waals surface area contributed by atoms with Crippen molar-refractivity contribution in [3.05, 3.63) is 35.9 Å². The molecule has 0 saturated heterocycles. The fourth-order valence-electron chi connectivity index (χ4n) is 1.26. The van der Waals surface area contributed by atoms with Gasteiger partial charge in [-0.2, -0.15) is 0 Å². The average molecular weight is 340 g/mol. The monoisotopic (exact) mass is 340 g/mol. The molecule has 0 aromatic heterocycles.